The predicted octanol–water partition coefficient (Wildman–Crippen LogP) is 1.86. The minimum Gasteiger partial charge on any atom is -0.769 e. The van der Waals surface area contributed by atoms with E-state index in [9.17, 15) is 15.2 Å². The Labute approximate surface area is 116 Å². The maximum Gasteiger partial charge on any atom is 0.253 e. The SMILES string of the molecule is CCN(CC)C(=O)c1cc(N([O-])[O-])c(C)c(N(O)O)c1. The molecule has 0 heterocycles. The van der Waals surface area contributed by atoms with Gasteiger partial charge in [0.25, 0.3) is 5.91 Å². The predicted molar refractivity (Wildman–Crippen MR) is 73.7 cm³/mol. The van der Waals surface area contributed by atoms with E-state index in [-0.39, 0.29) is 27.7 Å². The second-order valence-corrected chi connectivity index (χ2v) is 4.16. The summed E-state index contributed by atoms with van der Waals surface area (Å²) in [4.78, 5) is 13.7. The maximum atomic E-state index is 12.2. The number of hydrogen-bond acceptors (Lipinski definition) is 7. The summed E-state index contributed by atoms with van der Waals surface area (Å²) in [5, 5.41) is 39.3. The van der Waals surface area contributed by atoms with Crippen molar-refractivity contribution in [3.05, 3.63) is 33.7 Å². The number of benzene rings is 1. The first-order chi connectivity index (χ1) is 9.33. The van der Waals surface area contributed by atoms with Gasteiger partial charge < -0.3 is 20.5 Å². The van der Waals surface area contributed by atoms with Crippen molar-refractivity contribution < 1.29 is 15.2 Å². The summed E-state index contributed by atoms with van der Waals surface area (Å²) in [5.74, 6) is -0.402. The number of carbonyl (C=O) groups is 1. The van der Waals surface area contributed by atoms with Gasteiger partial charge in [0, 0.05) is 24.3 Å². The van der Waals surface area contributed by atoms with Crippen molar-refractivity contribution in [1.82, 2.24) is 4.90 Å². The van der Waals surface area contributed by atoms with Crippen LogP contribution >= 0.6 is 0 Å². The Bertz CT molecular complexity index is 457. The molecule has 2 N–H and O–H groups in total. The van der Waals surface area contributed by atoms with Gasteiger partial charge in [-0.3, -0.25) is 15.2 Å². The van der Waals surface area contributed by atoms with Crippen molar-refractivity contribution >= 4 is 17.3 Å². The van der Waals surface area contributed by atoms with Crippen LogP contribution in [-0.2, 0) is 0 Å². The van der Waals surface area contributed by atoms with Crippen LogP contribution in [0.4, 0.5) is 11.4 Å². The van der Waals surface area contributed by atoms with Gasteiger partial charge in [-0.05, 0) is 38.5 Å². The summed E-state index contributed by atoms with van der Waals surface area (Å²) in [7, 11) is 0. The van der Waals surface area contributed by atoms with E-state index in [2.05, 4.69) is 0 Å². The van der Waals surface area contributed by atoms with Crippen molar-refractivity contribution in [2.24, 2.45) is 0 Å². The molecule has 0 unspecified atom stereocenters. The highest BCUT2D eigenvalue weighted by Gasteiger charge is 2.17. The molecule has 20 heavy (non-hydrogen) atoms. The lowest BCUT2D eigenvalue weighted by Crippen LogP contribution is -2.31. The first-order valence-electron chi connectivity index (χ1n) is 6.09. The number of hydrogen-bond donors (Lipinski definition) is 2. The number of anilines is 2. The van der Waals surface area contributed by atoms with Crippen LogP contribution in [0.2, 0.25) is 0 Å². The Morgan fingerprint density at radius 1 is 1.15 bits per heavy atom. The Kier molecular flexibility index (Phi) is 5.28. The van der Waals surface area contributed by atoms with Crippen molar-refractivity contribution in [3.63, 3.8) is 0 Å². The lowest BCUT2D eigenvalue weighted by Gasteiger charge is -2.39. The number of rotatable bonds is 5. The van der Waals surface area contributed by atoms with E-state index in [1.807, 2.05) is 0 Å². The summed E-state index contributed by atoms with van der Waals surface area (Å²) >= 11 is 0. The first kappa shape index (κ1) is 16.2. The lowest BCUT2D eigenvalue weighted by atomic mass is 10.1. The Morgan fingerprint density at radius 2 is 1.65 bits per heavy atom. The summed E-state index contributed by atoms with van der Waals surface area (Å²) in [6.45, 7) is 5.85. The minimum absolute atomic E-state index is 0.0362. The Morgan fingerprint density at radius 3 is 2.05 bits per heavy atom. The Hall–Kier alpha value is -1.87. The smallest absolute Gasteiger partial charge is 0.253 e. The molecule has 0 bridgehead atoms. The van der Waals surface area contributed by atoms with Gasteiger partial charge in [0.15, 0.2) is 0 Å². The monoisotopic (exact) mass is 283 g/mol. The zero-order chi connectivity index (χ0) is 15.4. The average Bonchev–Trinajstić information content (AvgIpc) is 2.39. The molecule has 0 radical (unpaired) electrons. The van der Waals surface area contributed by atoms with Crippen molar-refractivity contribution in [3.8, 4) is 0 Å². The van der Waals surface area contributed by atoms with Gasteiger partial charge in [0.1, 0.15) is 0 Å². The van der Waals surface area contributed by atoms with E-state index in [4.69, 9.17) is 10.4 Å². The fourth-order valence-corrected chi connectivity index (χ4v) is 1.90. The molecule has 0 aliphatic carbocycles. The molecule has 0 atom stereocenters. The van der Waals surface area contributed by atoms with Crippen LogP contribution in [0.5, 0.6) is 0 Å². The summed E-state index contributed by atoms with van der Waals surface area (Å²) in [6, 6.07) is 2.35. The highest BCUT2D eigenvalue weighted by Crippen LogP contribution is 2.30. The van der Waals surface area contributed by atoms with E-state index >= 15 is 0 Å². The first-order valence-corrected chi connectivity index (χ1v) is 6.09. The van der Waals surface area contributed by atoms with E-state index in [1.165, 1.54) is 17.9 Å². The van der Waals surface area contributed by atoms with Gasteiger partial charge in [0.2, 0.25) is 0 Å². The highest BCUT2D eigenvalue weighted by atomic mass is 16.8. The molecule has 0 fully saturated rings. The molecule has 8 nitrogen and oxygen atoms in total. The Balaban J connectivity index is 3.37. The maximum absolute atomic E-state index is 12.2. The third kappa shape index (κ3) is 3.17. The third-order valence-corrected chi connectivity index (χ3v) is 3.06. The second kappa shape index (κ2) is 6.53. The van der Waals surface area contributed by atoms with Crippen LogP contribution in [0.1, 0.15) is 29.8 Å². The van der Waals surface area contributed by atoms with E-state index < -0.39 is 11.1 Å². The van der Waals surface area contributed by atoms with E-state index in [1.54, 1.807) is 13.8 Å². The number of carbonyl (C=O) groups excluding carboxylic acids is 1. The normalized spacial score (nSPS) is 10.3. The van der Waals surface area contributed by atoms with Crippen LogP contribution in [0.25, 0.3) is 0 Å². The molecular weight excluding hydrogens is 266 g/mol. The van der Waals surface area contributed by atoms with Crippen LogP contribution < -0.4 is 10.5 Å². The third-order valence-electron chi connectivity index (χ3n) is 3.06. The van der Waals surface area contributed by atoms with Crippen LogP contribution in [0.3, 0.4) is 0 Å². The zero-order valence-corrected chi connectivity index (χ0v) is 11.5. The summed E-state index contributed by atoms with van der Waals surface area (Å²) < 4.78 is 0. The molecule has 0 aliphatic rings. The fourth-order valence-electron chi connectivity index (χ4n) is 1.90. The topological polar surface area (TPSA) is 113 Å². The largest absolute Gasteiger partial charge is 0.769 e. The molecule has 0 aliphatic heterocycles. The molecule has 0 saturated carbocycles. The molecular formula is C12H17N3O5-2. The van der Waals surface area contributed by atoms with Crippen LogP contribution in [-0.4, -0.2) is 34.3 Å². The average molecular weight is 283 g/mol. The van der Waals surface area contributed by atoms with Gasteiger partial charge in [-0.15, -0.1) is 5.23 Å². The molecule has 1 aromatic carbocycles. The van der Waals surface area contributed by atoms with E-state index in [0.717, 1.165) is 6.07 Å². The van der Waals surface area contributed by atoms with Gasteiger partial charge in [-0.25, -0.2) is 0 Å². The van der Waals surface area contributed by atoms with Gasteiger partial charge in [-0.1, -0.05) is 0 Å². The molecule has 0 aromatic heterocycles. The number of nitrogens with zero attached hydrogens (tertiary/aromatic N) is 3. The standard InChI is InChI=1S/C12H17N3O5/c1-4-13(5-2)12(16)9-6-10(14(17)18)8(3)11(7-9)15(19)20/h6-7,17-18H,4-5H2,1-3H3/q-2. The molecule has 1 aromatic rings. The molecule has 8 heteroatoms. The number of amides is 1. The molecule has 112 valence electrons. The fraction of sp³-hybridized carbons (Fsp3) is 0.417. The van der Waals surface area contributed by atoms with Gasteiger partial charge in [-0.2, -0.15) is 0 Å². The quantitative estimate of drug-likeness (QED) is 0.793. The van der Waals surface area contributed by atoms with Crippen LogP contribution in [0.15, 0.2) is 12.1 Å². The minimum atomic E-state index is -0.665. The van der Waals surface area contributed by atoms with Crippen LogP contribution in [0, 0.1) is 17.3 Å². The van der Waals surface area contributed by atoms with Gasteiger partial charge in [0.05, 0.1) is 5.69 Å². The van der Waals surface area contributed by atoms with Gasteiger partial charge >= 0.3 is 0 Å². The van der Waals surface area contributed by atoms with Crippen molar-refractivity contribution in [1.29, 1.82) is 0 Å². The molecule has 1 rings (SSSR count). The zero-order valence-electron chi connectivity index (χ0n) is 11.5. The summed E-state index contributed by atoms with van der Waals surface area (Å²) in [6.07, 6.45) is 0. The molecule has 0 saturated heterocycles. The van der Waals surface area contributed by atoms with E-state index in [0.29, 0.717) is 13.1 Å². The molecule has 0 spiro atoms. The van der Waals surface area contributed by atoms with Crippen molar-refractivity contribution in [2.45, 2.75) is 20.8 Å². The summed E-state index contributed by atoms with van der Waals surface area (Å²) in [5.41, 5.74) is -0.439. The highest BCUT2D eigenvalue weighted by molar-refractivity contribution is 5.97. The second-order valence-electron chi connectivity index (χ2n) is 4.16. The lowest BCUT2D eigenvalue weighted by molar-refractivity contribution is 0.0288. The van der Waals surface area contributed by atoms with Crippen molar-refractivity contribution in [2.75, 3.05) is 23.5 Å². The molecule has 1 amide bonds.